The number of benzene rings is 1. The average molecular weight is 464 g/mol. The second-order valence-corrected chi connectivity index (χ2v) is 9.30. The normalized spacial score (nSPS) is 26.3. The fourth-order valence-electron chi connectivity index (χ4n) is 5.81. The number of anilines is 1. The minimum Gasteiger partial charge on any atom is -0.341 e. The number of likely N-dealkylation sites (tertiary alicyclic amines) is 2. The first-order valence-electron chi connectivity index (χ1n) is 11.2. The molecule has 5 rings (SSSR count). The van der Waals surface area contributed by atoms with Crippen LogP contribution in [0.4, 0.5) is 5.95 Å². The topological polar surface area (TPSA) is 35.5 Å². The highest BCUT2D eigenvalue weighted by atomic mass is 35.5. The van der Waals surface area contributed by atoms with Gasteiger partial charge in [0, 0.05) is 63.3 Å². The predicted octanol–water partition coefficient (Wildman–Crippen LogP) is 4.35. The Bertz CT molecular complexity index is 840. The molecule has 3 aliphatic rings. The monoisotopic (exact) mass is 463 g/mol. The highest BCUT2D eigenvalue weighted by molar-refractivity contribution is 5.85. The number of hydrogen-bond acceptors (Lipinski definition) is 5. The molecule has 170 valence electrons. The maximum absolute atomic E-state index is 4.68. The molecule has 3 fully saturated rings. The summed E-state index contributed by atoms with van der Waals surface area (Å²) in [5.41, 5.74) is 4.18. The lowest BCUT2D eigenvalue weighted by atomic mass is 9.88. The Morgan fingerprint density at radius 2 is 1.65 bits per heavy atom. The standard InChI is InChI=1S/C24H33N5.2ClH/c1-18-8-4-5-9-21(18)23-22-17-28(16-20(22)15-27(23)2)14-19-12-25-24(26-13-19)29-10-6-3-7-11-29;;/h4-5,8-9,12-13,20,22-23H,3,6-7,10-11,14-17H2,1-2H3;2*1H/t20-,22+,23-;;/m0../s1. The lowest BCUT2D eigenvalue weighted by molar-refractivity contribution is 0.224. The summed E-state index contributed by atoms with van der Waals surface area (Å²) in [6.45, 7) is 8.98. The van der Waals surface area contributed by atoms with Gasteiger partial charge >= 0.3 is 0 Å². The third-order valence-corrected chi connectivity index (χ3v) is 7.21. The van der Waals surface area contributed by atoms with Crippen molar-refractivity contribution in [1.29, 1.82) is 0 Å². The first kappa shape index (κ1) is 24.2. The molecule has 7 heteroatoms. The molecule has 1 aromatic heterocycles. The molecule has 4 heterocycles. The van der Waals surface area contributed by atoms with Crippen LogP contribution in [0.1, 0.15) is 42.0 Å². The maximum Gasteiger partial charge on any atom is 0.225 e. The molecule has 0 aliphatic carbocycles. The molecule has 0 N–H and O–H groups in total. The van der Waals surface area contributed by atoms with Crippen LogP contribution in [0, 0.1) is 18.8 Å². The molecule has 0 amide bonds. The molecule has 3 aliphatic heterocycles. The lowest BCUT2D eigenvalue weighted by Crippen LogP contribution is -2.31. The van der Waals surface area contributed by atoms with Crippen LogP contribution in [0.15, 0.2) is 36.7 Å². The van der Waals surface area contributed by atoms with Gasteiger partial charge in [-0.15, -0.1) is 24.8 Å². The Hall–Kier alpha value is -1.40. The molecule has 31 heavy (non-hydrogen) atoms. The fourth-order valence-corrected chi connectivity index (χ4v) is 5.81. The molecular weight excluding hydrogens is 429 g/mol. The Kier molecular flexibility index (Phi) is 8.19. The largest absolute Gasteiger partial charge is 0.341 e. The number of rotatable bonds is 4. The first-order valence-corrected chi connectivity index (χ1v) is 11.2. The van der Waals surface area contributed by atoms with Gasteiger partial charge in [0.05, 0.1) is 0 Å². The van der Waals surface area contributed by atoms with Gasteiger partial charge in [0.2, 0.25) is 5.95 Å². The van der Waals surface area contributed by atoms with Crippen molar-refractivity contribution in [3.05, 3.63) is 53.3 Å². The molecule has 0 saturated carbocycles. The van der Waals surface area contributed by atoms with Crippen LogP contribution in [0.3, 0.4) is 0 Å². The van der Waals surface area contributed by atoms with Crippen LogP contribution in [-0.4, -0.2) is 59.5 Å². The van der Waals surface area contributed by atoms with Crippen molar-refractivity contribution in [2.24, 2.45) is 11.8 Å². The van der Waals surface area contributed by atoms with Crippen molar-refractivity contribution in [3.8, 4) is 0 Å². The quantitative estimate of drug-likeness (QED) is 0.672. The van der Waals surface area contributed by atoms with E-state index in [1.54, 1.807) is 0 Å². The smallest absolute Gasteiger partial charge is 0.225 e. The number of hydrogen-bond donors (Lipinski definition) is 0. The summed E-state index contributed by atoms with van der Waals surface area (Å²) < 4.78 is 0. The van der Waals surface area contributed by atoms with E-state index in [9.17, 15) is 0 Å². The van der Waals surface area contributed by atoms with Gasteiger partial charge in [-0.25, -0.2) is 9.97 Å². The van der Waals surface area contributed by atoms with Gasteiger partial charge in [0.25, 0.3) is 0 Å². The van der Waals surface area contributed by atoms with Gasteiger partial charge in [-0.3, -0.25) is 9.80 Å². The molecule has 0 radical (unpaired) electrons. The summed E-state index contributed by atoms with van der Waals surface area (Å²) in [5.74, 6) is 2.39. The van der Waals surface area contributed by atoms with Crippen LogP contribution in [0.2, 0.25) is 0 Å². The van der Waals surface area contributed by atoms with Crippen molar-refractivity contribution in [1.82, 2.24) is 19.8 Å². The molecule has 2 aromatic rings. The number of piperidine rings is 1. The summed E-state index contributed by atoms with van der Waals surface area (Å²) >= 11 is 0. The SMILES string of the molecule is Cc1ccccc1[C@H]1[C@@H]2CN(Cc3cnc(N4CCCCC4)nc3)C[C@@H]2CN1C.Cl.Cl. The third-order valence-electron chi connectivity index (χ3n) is 7.21. The summed E-state index contributed by atoms with van der Waals surface area (Å²) in [5, 5.41) is 0. The number of aryl methyl sites for hydroxylation is 1. The van der Waals surface area contributed by atoms with Crippen molar-refractivity contribution < 1.29 is 0 Å². The summed E-state index contributed by atoms with van der Waals surface area (Å²) in [7, 11) is 2.30. The van der Waals surface area contributed by atoms with Gasteiger partial charge in [-0.05, 0) is 56.2 Å². The zero-order chi connectivity index (χ0) is 19.8. The van der Waals surface area contributed by atoms with E-state index in [4.69, 9.17) is 0 Å². The van der Waals surface area contributed by atoms with Gasteiger partial charge in [-0.2, -0.15) is 0 Å². The van der Waals surface area contributed by atoms with Crippen molar-refractivity contribution >= 4 is 30.8 Å². The molecule has 0 unspecified atom stereocenters. The maximum atomic E-state index is 4.68. The molecule has 0 spiro atoms. The molecular formula is C24H35Cl2N5. The van der Waals surface area contributed by atoms with E-state index in [1.807, 2.05) is 0 Å². The minimum atomic E-state index is 0. The Labute approximate surface area is 199 Å². The number of nitrogens with zero attached hydrogens (tertiary/aromatic N) is 5. The van der Waals surface area contributed by atoms with Crippen LogP contribution in [0.5, 0.6) is 0 Å². The Morgan fingerprint density at radius 3 is 2.35 bits per heavy atom. The summed E-state index contributed by atoms with van der Waals surface area (Å²) in [6.07, 6.45) is 7.97. The number of aromatic nitrogens is 2. The minimum absolute atomic E-state index is 0. The number of fused-ring (bicyclic) bond motifs is 1. The van der Waals surface area contributed by atoms with Gasteiger partial charge < -0.3 is 4.90 Å². The van der Waals surface area contributed by atoms with E-state index >= 15 is 0 Å². The van der Waals surface area contributed by atoms with E-state index in [2.05, 4.69) is 75.3 Å². The molecule has 3 atom stereocenters. The number of halogens is 2. The van der Waals surface area contributed by atoms with Crippen LogP contribution in [0.25, 0.3) is 0 Å². The molecule has 1 aromatic carbocycles. The zero-order valence-corrected chi connectivity index (χ0v) is 20.2. The van der Waals surface area contributed by atoms with Crippen LogP contribution in [-0.2, 0) is 6.54 Å². The van der Waals surface area contributed by atoms with E-state index in [-0.39, 0.29) is 24.8 Å². The van der Waals surface area contributed by atoms with Gasteiger partial charge in [-0.1, -0.05) is 24.3 Å². The second kappa shape index (κ2) is 10.5. The fraction of sp³-hybridized carbons (Fsp3) is 0.583. The Morgan fingerprint density at radius 1 is 0.935 bits per heavy atom. The van der Waals surface area contributed by atoms with E-state index < -0.39 is 0 Å². The second-order valence-electron chi connectivity index (χ2n) is 9.30. The van der Waals surface area contributed by atoms with Gasteiger partial charge in [0.1, 0.15) is 0 Å². The summed E-state index contributed by atoms with van der Waals surface area (Å²) in [4.78, 5) is 16.9. The van der Waals surface area contributed by atoms with Crippen LogP contribution < -0.4 is 4.90 Å². The Balaban J connectivity index is 0.00000136. The highest BCUT2D eigenvalue weighted by Gasteiger charge is 2.46. The zero-order valence-electron chi connectivity index (χ0n) is 18.6. The molecule has 0 bridgehead atoms. The van der Waals surface area contributed by atoms with E-state index in [1.165, 1.54) is 55.6 Å². The molecule has 5 nitrogen and oxygen atoms in total. The first-order chi connectivity index (χ1) is 14.2. The van der Waals surface area contributed by atoms with Crippen molar-refractivity contribution in [2.45, 2.75) is 38.8 Å². The van der Waals surface area contributed by atoms with Crippen molar-refractivity contribution in [3.63, 3.8) is 0 Å². The summed E-state index contributed by atoms with van der Waals surface area (Å²) in [6, 6.07) is 9.47. The van der Waals surface area contributed by atoms with E-state index in [0.29, 0.717) is 6.04 Å². The van der Waals surface area contributed by atoms with Crippen LogP contribution >= 0.6 is 24.8 Å². The lowest BCUT2D eigenvalue weighted by Gasteiger charge is -2.28. The average Bonchev–Trinajstić information content (AvgIpc) is 3.25. The third kappa shape index (κ3) is 5.00. The van der Waals surface area contributed by atoms with E-state index in [0.717, 1.165) is 37.4 Å². The molecule has 3 saturated heterocycles. The van der Waals surface area contributed by atoms with Crippen molar-refractivity contribution in [2.75, 3.05) is 44.7 Å². The highest BCUT2D eigenvalue weighted by Crippen LogP contribution is 2.45. The van der Waals surface area contributed by atoms with Gasteiger partial charge in [0.15, 0.2) is 0 Å². The predicted molar refractivity (Wildman–Crippen MR) is 131 cm³/mol.